The number of benzene rings is 2. The normalized spacial score (nSPS) is 17.2. The lowest BCUT2D eigenvalue weighted by Gasteiger charge is -2.36. The summed E-state index contributed by atoms with van der Waals surface area (Å²) < 4.78 is 35.7. The van der Waals surface area contributed by atoms with E-state index in [0.717, 1.165) is 44.1 Å². The number of anilines is 1. The standard InChI is InChI=1S/C28H33ClN4O4S/c1-2-6-21-11-13-25(14-12-21)38(35,36)32-17-15-31(16-18-32)26-20-30-33(23-8-5-7-22(29)19-23)28(34)27(26)37-24-9-3-4-10-24/h5,7-8,11-14,19-20,24H,2-4,6,9-10,15-18H2,1H3. The van der Waals surface area contributed by atoms with Crippen LogP contribution in [0.2, 0.25) is 5.02 Å². The van der Waals surface area contributed by atoms with Gasteiger partial charge >= 0.3 is 5.56 Å². The van der Waals surface area contributed by atoms with Crippen molar-refractivity contribution in [2.45, 2.75) is 56.4 Å². The summed E-state index contributed by atoms with van der Waals surface area (Å²) in [6, 6.07) is 14.1. The third kappa shape index (κ3) is 5.60. The van der Waals surface area contributed by atoms with E-state index in [1.807, 2.05) is 17.0 Å². The fourth-order valence-electron chi connectivity index (χ4n) is 5.17. The topological polar surface area (TPSA) is 84.7 Å². The second-order valence-electron chi connectivity index (χ2n) is 9.87. The van der Waals surface area contributed by atoms with Gasteiger partial charge in [-0.05, 0) is 68.0 Å². The summed E-state index contributed by atoms with van der Waals surface area (Å²) in [5, 5.41) is 4.94. The Kier molecular flexibility index (Phi) is 8.07. The van der Waals surface area contributed by atoms with Crippen LogP contribution in [0.25, 0.3) is 5.69 Å². The summed E-state index contributed by atoms with van der Waals surface area (Å²) >= 11 is 6.16. The molecular weight excluding hydrogens is 524 g/mol. The van der Waals surface area contributed by atoms with Crippen LogP contribution in [-0.2, 0) is 16.4 Å². The molecule has 1 saturated carbocycles. The van der Waals surface area contributed by atoms with E-state index in [1.165, 1.54) is 8.99 Å². The highest BCUT2D eigenvalue weighted by molar-refractivity contribution is 7.89. The van der Waals surface area contributed by atoms with Gasteiger partial charge in [0.2, 0.25) is 15.8 Å². The Morgan fingerprint density at radius 2 is 1.74 bits per heavy atom. The molecule has 0 atom stereocenters. The molecule has 2 fully saturated rings. The third-order valence-electron chi connectivity index (χ3n) is 7.23. The Bertz CT molecular complexity index is 1430. The molecule has 10 heteroatoms. The number of aryl methyl sites for hydroxylation is 1. The first-order valence-electron chi connectivity index (χ1n) is 13.3. The van der Waals surface area contributed by atoms with Gasteiger partial charge in [-0.3, -0.25) is 4.79 Å². The van der Waals surface area contributed by atoms with Crippen molar-refractivity contribution in [3.8, 4) is 11.4 Å². The molecule has 1 saturated heterocycles. The van der Waals surface area contributed by atoms with Crippen LogP contribution in [0.15, 0.2) is 64.4 Å². The lowest BCUT2D eigenvalue weighted by atomic mass is 10.1. The Balaban J connectivity index is 1.38. The molecule has 2 aliphatic rings. The zero-order chi connectivity index (χ0) is 26.7. The summed E-state index contributed by atoms with van der Waals surface area (Å²) in [7, 11) is -3.60. The minimum atomic E-state index is -3.60. The molecule has 1 aliphatic heterocycles. The van der Waals surface area contributed by atoms with E-state index in [4.69, 9.17) is 16.3 Å². The first kappa shape index (κ1) is 26.7. The predicted molar refractivity (Wildman–Crippen MR) is 149 cm³/mol. The van der Waals surface area contributed by atoms with Crippen LogP contribution in [0.4, 0.5) is 5.69 Å². The SMILES string of the molecule is CCCc1ccc(S(=O)(=O)N2CCN(c3cnn(-c4cccc(Cl)c4)c(=O)c3OC3CCCC3)CC2)cc1. The fraction of sp³-hybridized carbons (Fsp3) is 0.429. The van der Waals surface area contributed by atoms with Crippen molar-refractivity contribution in [2.24, 2.45) is 0 Å². The van der Waals surface area contributed by atoms with Crippen molar-refractivity contribution in [2.75, 3.05) is 31.1 Å². The highest BCUT2D eigenvalue weighted by Crippen LogP contribution is 2.31. The number of aromatic nitrogens is 2. The molecule has 0 unspecified atom stereocenters. The number of nitrogens with zero attached hydrogens (tertiary/aromatic N) is 4. The smallest absolute Gasteiger partial charge is 0.316 e. The number of halogens is 1. The van der Waals surface area contributed by atoms with Gasteiger partial charge in [0, 0.05) is 31.2 Å². The number of ether oxygens (including phenoxy) is 1. The van der Waals surface area contributed by atoms with Gasteiger partial charge in [-0.2, -0.15) is 14.1 Å². The molecule has 8 nitrogen and oxygen atoms in total. The average Bonchev–Trinajstić information content (AvgIpc) is 3.44. The minimum Gasteiger partial charge on any atom is -0.483 e. The van der Waals surface area contributed by atoms with E-state index < -0.39 is 10.0 Å². The van der Waals surface area contributed by atoms with Crippen LogP contribution >= 0.6 is 11.6 Å². The van der Waals surface area contributed by atoms with Gasteiger partial charge in [0.25, 0.3) is 0 Å². The van der Waals surface area contributed by atoms with Crippen molar-refractivity contribution in [1.82, 2.24) is 14.1 Å². The van der Waals surface area contributed by atoms with Crippen LogP contribution in [0, 0.1) is 0 Å². The van der Waals surface area contributed by atoms with E-state index in [2.05, 4.69) is 12.0 Å². The van der Waals surface area contributed by atoms with Crippen LogP contribution < -0.4 is 15.2 Å². The second kappa shape index (κ2) is 11.5. The molecule has 1 aromatic heterocycles. The van der Waals surface area contributed by atoms with Crippen LogP contribution in [0.1, 0.15) is 44.6 Å². The zero-order valence-electron chi connectivity index (χ0n) is 21.6. The van der Waals surface area contributed by atoms with E-state index in [9.17, 15) is 13.2 Å². The first-order chi connectivity index (χ1) is 18.4. The lowest BCUT2D eigenvalue weighted by Crippen LogP contribution is -2.49. The number of hydrogen-bond donors (Lipinski definition) is 0. The molecule has 38 heavy (non-hydrogen) atoms. The van der Waals surface area contributed by atoms with Gasteiger partial charge in [-0.25, -0.2) is 8.42 Å². The zero-order valence-corrected chi connectivity index (χ0v) is 23.1. The van der Waals surface area contributed by atoms with Gasteiger partial charge in [0.15, 0.2) is 0 Å². The summed E-state index contributed by atoms with van der Waals surface area (Å²) in [5.41, 5.74) is 1.94. The molecule has 1 aliphatic carbocycles. The number of hydrogen-bond acceptors (Lipinski definition) is 6. The summed E-state index contributed by atoms with van der Waals surface area (Å²) in [5.74, 6) is 0.259. The van der Waals surface area contributed by atoms with E-state index in [-0.39, 0.29) is 17.4 Å². The quantitative estimate of drug-likeness (QED) is 0.401. The second-order valence-corrected chi connectivity index (χ2v) is 12.2. The maximum atomic E-state index is 13.6. The number of piperazine rings is 1. The number of sulfonamides is 1. The highest BCUT2D eigenvalue weighted by Gasteiger charge is 2.31. The molecule has 0 amide bonds. The molecule has 5 rings (SSSR count). The largest absolute Gasteiger partial charge is 0.483 e. The van der Waals surface area contributed by atoms with Gasteiger partial charge in [0.05, 0.1) is 22.9 Å². The maximum Gasteiger partial charge on any atom is 0.316 e. The molecule has 2 aromatic carbocycles. The van der Waals surface area contributed by atoms with Gasteiger partial charge < -0.3 is 9.64 Å². The molecule has 0 N–H and O–H groups in total. The summed E-state index contributed by atoms with van der Waals surface area (Å²) in [6.07, 6.45) is 7.51. The number of rotatable bonds is 8. The molecular formula is C28H33ClN4O4S. The van der Waals surface area contributed by atoms with Crippen molar-refractivity contribution >= 4 is 27.3 Å². The average molecular weight is 557 g/mol. The third-order valence-corrected chi connectivity index (χ3v) is 9.38. The van der Waals surface area contributed by atoms with Crippen LogP contribution in [-0.4, -0.2) is 54.8 Å². The van der Waals surface area contributed by atoms with Crippen LogP contribution in [0.5, 0.6) is 5.75 Å². The van der Waals surface area contributed by atoms with Crippen molar-refractivity contribution < 1.29 is 13.2 Å². The molecule has 0 radical (unpaired) electrons. The first-order valence-corrected chi connectivity index (χ1v) is 15.1. The highest BCUT2D eigenvalue weighted by atomic mass is 35.5. The Morgan fingerprint density at radius 3 is 2.39 bits per heavy atom. The summed E-state index contributed by atoms with van der Waals surface area (Å²) in [4.78, 5) is 15.9. The van der Waals surface area contributed by atoms with E-state index in [0.29, 0.717) is 47.5 Å². The molecule has 3 aromatic rings. The Labute approximate surface area is 228 Å². The van der Waals surface area contributed by atoms with Crippen LogP contribution in [0.3, 0.4) is 0 Å². The van der Waals surface area contributed by atoms with Crippen molar-refractivity contribution in [3.05, 3.63) is 75.7 Å². The maximum absolute atomic E-state index is 13.6. The van der Waals surface area contributed by atoms with Gasteiger partial charge in [-0.1, -0.05) is 43.1 Å². The lowest BCUT2D eigenvalue weighted by molar-refractivity contribution is 0.205. The van der Waals surface area contributed by atoms with E-state index >= 15 is 0 Å². The monoisotopic (exact) mass is 556 g/mol. The van der Waals surface area contributed by atoms with Gasteiger partial charge in [-0.15, -0.1) is 0 Å². The van der Waals surface area contributed by atoms with Gasteiger partial charge in [0.1, 0.15) is 5.69 Å². The predicted octanol–water partition coefficient (Wildman–Crippen LogP) is 4.67. The van der Waals surface area contributed by atoms with Crippen molar-refractivity contribution in [1.29, 1.82) is 0 Å². The molecule has 0 spiro atoms. The van der Waals surface area contributed by atoms with E-state index in [1.54, 1.807) is 42.6 Å². The Hall–Kier alpha value is -2.88. The fourth-order valence-corrected chi connectivity index (χ4v) is 6.77. The summed E-state index contributed by atoms with van der Waals surface area (Å²) in [6.45, 7) is 3.56. The molecule has 202 valence electrons. The molecule has 0 bridgehead atoms. The minimum absolute atomic E-state index is 0.0194. The Morgan fingerprint density at radius 1 is 1.03 bits per heavy atom. The molecule has 2 heterocycles. The van der Waals surface area contributed by atoms with Crippen molar-refractivity contribution in [3.63, 3.8) is 0 Å².